The van der Waals surface area contributed by atoms with Crippen molar-refractivity contribution in [3.63, 3.8) is 0 Å². The van der Waals surface area contributed by atoms with Gasteiger partial charge >= 0.3 is 0 Å². The number of rotatable bonds is 13. The zero-order chi connectivity index (χ0) is 36.8. The largest absolute Gasteiger partial charge is 0.407 e. The summed E-state index contributed by atoms with van der Waals surface area (Å²) < 4.78 is 15.1. The van der Waals surface area contributed by atoms with Crippen molar-refractivity contribution in [3.05, 3.63) is 157 Å². The molecule has 3 atom stereocenters. The van der Waals surface area contributed by atoms with Gasteiger partial charge in [-0.25, -0.2) is 0 Å². The van der Waals surface area contributed by atoms with Gasteiger partial charge in [-0.2, -0.15) is 0 Å². The molecule has 0 amide bonds. The van der Waals surface area contributed by atoms with Gasteiger partial charge in [-0.3, -0.25) is 4.90 Å². The van der Waals surface area contributed by atoms with Gasteiger partial charge in [0, 0.05) is 31.2 Å². The SMILES string of the molecule is CC(C)(C)[Si](OC[C@@H]1C[C@H](CO[Si](c2ccccc2)(c2ccccc2)C(C)(C)C)N(Cc2ccccc2)[C@H]1CO)(c1ccccc1)c1ccccc1. The van der Waals surface area contributed by atoms with Gasteiger partial charge in [0.2, 0.25) is 0 Å². The summed E-state index contributed by atoms with van der Waals surface area (Å²) in [5.41, 5.74) is 1.24. The molecule has 1 aliphatic rings. The van der Waals surface area contributed by atoms with Crippen molar-refractivity contribution in [2.75, 3.05) is 19.8 Å². The third kappa shape index (κ3) is 7.56. The number of benzene rings is 5. The maximum atomic E-state index is 11.2. The molecule has 0 bridgehead atoms. The molecule has 0 spiro atoms. The number of aliphatic hydroxyl groups is 1. The molecule has 0 saturated carbocycles. The molecular formula is C46H57NO3Si2. The van der Waals surface area contributed by atoms with E-state index in [1.807, 2.05) is 0 Å². The molecule has 1 N–H and O–H groups in total. The van der Waals surface area contributed by atoms with E-state index in [4.69, 9.17) is 8.85 Å². The van der Waals surface area contributed by atoms with Crippen molar-refractivity contribution in [1.82, 2.24) is 4.90 Å². The predicted molar refractivity (Wildman–Crippen MR) is 222 cm³/mol. The topological polar surface area (TPSA) is 41.9 Å². The summed E-state index contributed by atoms with van der Waals surface area (Å²) in [5.74, 6) is 0.128. The third-order valence-corrected chi connectivity index (χ3v) is 21.3. The highest BCUT2D eigenvalue weighted by atomic mass is 28.4. The first-order valence-corrected chi connectivity index (χ1v) is 22.7. The van der Waals surface area contributed by atoms with Crippen molar-refractivity contribution in [2.45, 2.75) is 76.7 Å². The van der Waals surface area contributed by atoms with Crippen molar-refractivity contribution < 1.29 is 14.0 Å². The average Bonchev–Trinajstić information content (AvgIpc) is 3.48. The Morgan fingerprint density at radius 3 is 1.23 bits per heavy atom. The summed E-state index contributed by atoms with van der Waals surface area (Å²) in [6, 6.07) is 54.3. The molecule has 0 aliphatic carbocycles. The second kappa shape index (κ2) is 16.2. The highest BCUT2D eigenvalue weighted by Crippen LogP contribution is 2.41. The Balaban J connectivity index is 1.38. The molecule has 1 aliphatic heterocycles. The van der Waals surface area contributed by atoms with Crippen LogP contribution in [0.1, 0.15) is 53.5 Å². The minimum atomic E-state index is -2.77. The molecule has 5 aromatic rings. The van der Waals surface area contributed by atoms with Gasteiger partial charge in [0.05, 0.1) is 13.2 Å². The van der Waals surface area contributed by atoms with Crippen LogP contribution < -0.4 is 20.7 Å². The van der Waals surface area contributed by atoms with E-state index < -0.39 is 16.6 Å². The summed E-state index contributed by atoms with van der Waals surface area (Å²) >= 11 is 0. The maximum Gasteiger partial charge on any atom is 0.261 e. The fourth-order valence-corrected chi connectivity index (χ4v) is 18.0. The molecular weight excluding hydrogens is 671 g/mol. The monoisotopic (exact) mass is 727 g/mol. The molecule has 4 nitrogen and oxygen atoms in total. The van der Waals surface area contributed by atoms with Gasteiger partial charge in [-0.05, 0) is 42.8 Å². The predicted octanol–water partition coefficient (Wildman–Crippen LogP) is 7.39. The van der Waals surface area contributed by atoms with Crippen molar-refractivity contribution in [1.29, 1.82) is 0 Å². The van der Waals surface area contributed by atoms with E-state index in [-0.39, 0.29) is 34.7 Å². The van der Waals surface area contributed by atoms with Gasteiger partial charge in [-0.15, -0.1) is 0 Å². The summed E-state index contributed by atoms with van der Waals surface area (Å²) in [4.78, 5) is 2.52. The molecule has 0 unspecified atom stereocenters. The molecule has 6 heteroatoms. The number of hydrogen-bond acceptors (Lipinski definition) is 4. The smallest absolute Gasteiger partial charge is 0.261 e. The first kappa shape index (κ1) is 38.1. The van der Waals surface area contributed by atoms with E-state index in [0.29, 0.717) is 13.2 Å². The Bertz CT molecular complexity index is 1730. The lowest BCUT2D eigenvalue weighted by Crippen LogP contribution is -2.67. The quantitative estimate of drug-likeness (QED) is 0.129. The van der Waals surface area contributed by atoms with Crippen molar-refractivity contribution >= 4 is 37.4 Å². The van der Waals surface area contributed by atoms with Gasteiger partial charge in [0.25, 0.3) is 16.6 Å². The molecule has 0 aromatic heterocycles. The van der Waals surface area contributed by atoms with Gasteiger partial charge in [-0.1, -0.05) is 193 Å². The van der Waals surface area contributed by atoms with E-state index >= 15 is 0 Å². The standard InChI is InChI=1S/C46H57NO3Si2/c1-45(2,3)51(40-24-14-8-15-25-40,41-26-16-9-17-27-41)49-35-38-32-39(47(44(38)34-48)33-37-22-12-7-13-23-37)36-50-52(46(4,5)6,42-28-18-10-19-29-42)43-30-20-11-21-31-43/h7-31,38-39,44,48H,32-36H2,1-6H3/t38-,39+,44-/m0/s1. The van der Waals surface area contributed by atoms with E-state index in [9.17, 15) is 5.11 Å². The highest BCUT2D eigenvalue weighted by Gasteiger charge is 2.53. The Hall–Kier alpha value is -3.63. The van der Waals surface area contributed by atoms with Crippen LogP contribution in [0.25, 0.3) is 0 Å². The van der Waals surface area contributed by atoms with Crippen molar-refractivity contribution in [2.24, 2.45) is 5.92 Å². The second-order valence-corrected chi connectivity index (χ2v) is 25.1. The number of aliphatic hydroxyl groups excluding tert-OH is 1. The van der Waals surface area contributed by atoms with Crippen LogP contribution >= 0.6 is 0 Å². The number of hydrogen-bond donors (Lipinski definition) is 1. The van der Waals surface area contributed by atoms with Crippen LogP contribution in [-0.2, 0) is 15.4 Å². The molecule has 272 valence electrons. The van der Waals surface area contributed by atoms with E-state index in [1.54, 1.807) is 0 Å². The lowest BCUT2D eigenvalue weighted by Gasteiger charge is -2.44. The normalized spacial score (nSPS) is 18.8. The fourth-order valence-electron chi connectivity index (χ4n) is 8.80. The second-order valence-electron chi connectivity index (χ2n) is 16.5. The summed E-state index contributed by atoms with van der Waals surface area (Å²) in [7, 11) is -5.53. The first-order valence-electron chi connectivity index (χ1n) is 18.9. The van der Waals surface area contributed by atoms with E-state index in [0.717, 1.165) is 13.0 Å². The van der Waals surface area contributed by atoms with E-state index in [2.05, 4.69) is 198 Å². The fraction of sp³-hybridized carbons (Fsp3) is 0.348. The summed E-state index contributed by atoms with van der Waals surface area (Å²) in [5, 5.41) is 16.1. The van der Waals surface area contributed by atoms with Gasteiger partial charge in [0.15, 0.2) is 0 Å². The zero-order valence-electron chi connectivity index (χ0n) is 31.9. The number of nitrogens with zero attached hydrogens (tertiary/aromatic N) is 1. The van der Waals surface area contributed by atoms with Crippen LogP contribution in [0.2, 0.25) is 10.1 Å². The van der Waals surface area contributed by atoms with Crippen LogP contribution in [0.3, 0.4) is 0 Å². The Kier molecular flexibility index (Phi) is 11.9. The van der Waals surface area contributed by atoms with Crippen LogP contribution in [0.15, 0.2) is 152 Å². The summed E-state index contributed by atoms with van der Waals surface area (Å²) in [6.45, 7) is 16.0. The minimum Gasteiger partial charge on any atom is -0.407 e. The Morgan fingerprint density at radius 2 is 0.885 bits per heavy atom. The van der Waals surface area contributed by atoms with Crippen LogP contribution in [0.5, 0.6) is 0 Å². The summed E-state index contributed by atoms with van der Waals surface area (Å²) in [6.07, 6.45) is 0.883. The molecule has 6 rings (SSSR count). The molecule has 5 aromatic carbocycles. The van der Waals surface area contributed by atoms with Gasteiger partial charge in [0.1, 0.15) is 0 Å². The average molecular weight is 728 g/mol. The molecule has 1 fully saturated rings. The minimum absolute atomic E-state index is 0.0637. The third-order valence-electron chi connectivity index (χ3n) is 11.2. The molecule has 1 heterocycles. The lowest BCUT2D eigenvalue weighted by atomic mass is 10.0. The van der Waals surface area contributed by atoms with Crippen LogP contribution in [0.4, 0.5) is 0 Å². The Labute approximate surface area is 314 Å². The molecule has 52 heavy (non-hydrogen) atoms. The van der Waals surface area contributed by atoms with Gasteiger partial charge < -0.3 is 14.0 Å². The first-order chi connectivity index (χ1) is 25.0. The molecule has 0 radical (unpaired) electrons. The van der Waals surface area contributed by atoms with Crippen molar-refractivity contribution in [3.8, 4) is 0 Å². The maximum absolute atomic E-state index is 11.2. The van der Waals surface area contributed by atoms with E-state index in [1.165, 1.54) is 26.3 Å². The van der Waals surface area contributed by atoms with Crippen LogP contribution in [-0.4, -0.2) is 58.5 Å². The lowest BCUT2D eigenvalue weighted by molar-refractivity contribution is 0.0755. The number of likely N-dealkylation sites (tertiary alicyclic amines) is 1. The highest BCUT2D eigenvalue weighted by molar-refractivity contribution is 7.00. The molecule has 1 saturated heterocycles. The zero-order valence-corrected chi connectivity index (χ0v) is 33.9. The Morgan fingerprint density at radius 1 is 0.538 bits per heavy atom. The van der Waals surface area contributed by atoms with Crippen LogP contribution in [0, 0.1) is 5.92 Å².